The second-order valence-electron chi connectivity index (χ2n) is 3.56. The van der Waals surface area contributed by atoms with E-state index in [2.05, 4.69) is 15.3 Å². The number of hydrogen-bond donors (Lipinski definition) is 1. The first kappa shape index (κ1) is 12.0. The fraction of sp³-hybridized carbons (Fsp3) is 0.167. The van der Waals surface area contributed by atoms with Crippen LogP contribution in [0.1, 0.15) is 17.2 Å². The van der Waals surface area contributed by atoms with Crippen LogP contribution in [0.3, 0.4) is 0 Å². The Morgan fingerprint density at radius 3 is 2.76 bits per heavy atom. The standard InChI is InChI=1S/C12H11ClFN3/c1-15-12(8-4-9(14)6-17-5-8)10-2-3-16-7-11(10)13/h2-7,12,15H,1H3. The lowest BCUT2D eigenvalue weighted by Gasteiger charge is -2.17. The van der Waals surface area contributed by atoms with Crippen molar-refractivity contribution in [2.45, 2.75) is 6.04 Å². The molecular weight excluding hydrogens is 241 g/mol. The summed E-state index contributed by atoms with van der Waals surface area (Å²) in [6.07, 6.45) is 6.00. The molecule has 0 aliphatic rings. The van der Waals surface area contributed by atoms with E-state index in [0.717, 1.165) is 11.1 Å². The van der Waals surface area contributed by atoms with Crippen molar-refractivity contribution < 1.29 is 4.39 Å². The maximum absolute atomic E-state index is 13.1. The van der Waals surface area contributed by atoms with Gasteiger partial charge in [0.25, 0.3) is 0 Å². The third-order valence-electron chi connectivity index (χ3n) is 2.46. The van der Waals surface area contributed by atoms with Crippen LogP contribution < -0.4 is 5.32 Å². The monoisotopic (exact) mass is 251 g/mol. The van der Waals surface area contributed by atoms with Gasteiger partial charge in [0.15, 0.2) is 0 Å². The maximum Gasteiger partial charge on any atom is 0.141 e. The predicted molar refractivity (Wildman–Crippen MR) is 64.3 cm³/mol. The fourth-order valence-electron chi connectivity index (χ4n) is 1.71. The summed E-state index contributed by atoms with van der Waals surface area (Å²) in [5.41, 5.74) is 1.57. The highest BCUT2D eigenvalue weighted by Crippen LogP contribution is 2.26. The first-order valence-corrected chi connectivity index (χ1v) is 5.47. The summed E-state index contributed by atoms with van der Waals surface area (Å²) >= 11 is 6.07. The second-order valence-corrected chi connectivity index (χ2v) is 3.96. The molecule has 2 aromatic rings. The van der Waals surface area contributed by atoms with Crippen molar-refractivity contribution in [2.24, 2.45) is 0 Å². The quantitative estimate of drug-likeness (QED) is 0.911. The molecular formula is C12H11ClFN3. The summed E-state index contributed by atoms with van der Waals surface area (Å²) in [5, 5.41) is 3.62. The Balaban J connectivity index is 2.44. The molecule has 88 valence electrons. The zero-order valence-corrected chi connectivity index (χ0v) is 9.95. The number of hydrogen-bond acceptors (Lipinski definition) is 3. The van der Waals surface area contributed by atoms with Crippen molar-refractivity contribution in [3.63, 3.8) is 0 Å². The highest BCUT2D eigenvalue weighted by atomic mass is 35.5. The molecule has 1 N–H and O–H groups in total. The van der Waals surface area contributed by atoms with Crippen LogP contribution in [0.15, 0.2) is 36.9 Å². The highest BCUT2D eigenvalue weighted by molar-refractivity contribution is 6.31. The first-order valence-electron chi connectivity index (χ1n) is 5.09. The molecule has 0 spiro atoms. The normalized spacial score (nSPS) is 12.4. The Morgan fingerprint density at radius 1 is 1.29 bits per heavy atom. The largest absolute Gasteiger partial charge is 0.309 e. The number of aromatic nitrogens is 2. The summed E-state index contributed by atoms with van der Waals surface area (Å²) in [5.74, 6) is -0.368. The zero-order valence-electron chi connectivity index (χ0n) is 9.19. The van der Waals surface area contributed by atoms with Gasteiger partial charge in [-0.15, -0.1) is 0 Å². The molecule has 3 nitrogen and oxygen atoms in total. The summed E-state index contributed by atoms with van der Waals surface area (Å²) in [7, 11) is 1.78. The van der Waals surface area contributed by atoms with E-state index < -0.39 is 0 Å². The molecule has 0 radical (unpaired) electrons. The number of nitrogens with one attached hydrogen (secondary N) is 1. The van der Waals surface area contributed by atoms with Gasteiger partial charge in [0.1, 0.15) is 5.82 Å². The van der Waals surface area contributed by atoms with Gasteiger partial charge in [-0.05, 0) is 30.3 Å². The fourth-order valence-corrected chi connectivity index (χ4v) is 1.94. The molecule has 2 rings (SSSR count). The number of rotatable bonds is 3. The average Bonchev–Trinajstić information content (AvgIpc) is 2.33. The molecule has 0 aliphatic heterocycles. The molecule has 17 heavy (non-hydrogen) atoms. The molecule has 2 aromatic heterocycles. The Morgan fingerprint density at radius 2 is 2.12 bits per heavy atom. The number of pyridine rings is 2. The lowest BCUT2D eigenvalue weighted by atomic mass is 10.0. The van der Waals surface area contributed by atoms with Gasteiger partial charge in [-0.2, -0.15) is 0 Å². The molecule has 0 aromatic carbocycles. The van der Waals surface area contributed by atoms with Crippen molar-refractivity contribution in [3.8, 4) is 0 Å². The molecule has 2 heterocycles. The van der Waals surface area contributed by atoms with Crippen LogP contribution in [-0.2, 0) is 0 Å². The van der Waals surface area contributed by atoms with Gasteiger partial charge in [-0.1, -0.05) is 11.6 Å². The smallest absolute Gasteiger partial charge is 0.141 e. The van der Waals surface area contributed by atoms with Crippen LogP contribution in [0, 0.1) is 5.82 Å². The zero-order chi connectivity index (χ0) is 12.3. The van der Waals surface area contributed by atoms with Gasteiger partial charge in [0, 0.05) is 18.6 Å². The van der Waals surface area contributed by atoms with Gasteiger partial charge in [-0.25, -0.2) is 4.39 Å². The van der Waals surface area contributed by atoms with Crippen LogP contribution in [0.4, 0.5) is 4.39 Å². The minimum atomic E-state index is -0.368. The van der Waals surface area contributed by atoms with Crippen molar-refractivity contribution in [3.05, 3.63) is 58.9 Å². The average molecular weight is 252 g/mol. The van der Waals surface area contributed by atoms with Gasteiger partial charge in [0.05, 0.1) is 17.3 Å². The Hall–Kier alpha value is -1.52. The van der Waals surface area contributed by atoms with Crippen molar-refractivity contribution in [2.75, 3.05) is 7.05 Å². The number of nitrogens with zero attached hydrogens (tertiary/aromatic N) is 2. The first-order chi connectivity index (χ1) is 8.22. The minimum absolute atomic E-state index is 0.200. The van der Waals surface area contributed by atoms with Crippen LogP contribution in [0.5, 0.6) is 0 Å². The predicted octanol–water partition coefficient (Wildman–Crippen LogP) is 2.58. The lowest BCUT2D eigenvalue weighted by molar-refractivity contribution is 0.608. The van der Waals surface area contributed by atoms with Gasteiger partial charge < -0.3 is 5.32 Å². The molecule has 0 saturated heterocycles. The molecule has 0 aliphatic carbocycles. The van der Waals surface area contributed by atoms with E-state index in [1.54, 1.807) is 31.7 Å². The van der Waals surface area contributed by atoms with E-state index in [4.69, 9.17) is 11.6 Å². The SMILES string of the molecule is CNC(c1cncc(F)c1)c1ccncc1Cl. The molecule has 0 bridgehead atoms. The van der Waals surface area contributed by atoms with E-state index >= 15 is 0 Å². The molecule has 1 unspecified atom stereocenters. The molecule has 0 amide bonds. The van der Waals surface area contributed by atoms with E-state index in [1.807, 2.05) is 0 Å². The summed E-state index contributed by atoms with van der Waals surface area (Å²) in [6, 6.07) is 3.04. The summed E-state index contributed by atoms with van der Waals surface area (Å²) in [4.78, 5) is 7.76. The van der Waals surface area contributed by atoms with Gasteiger partial charge in [-0.3, -0.25) is 9.97 Å². The summed E-state index contributed by atoms with van der Waals surface area (Å²) in [6.45, 7) is 0. The molecule has 1 atom stereocenters. The lowest BCUT2D eigenvalue weighted by Crippen LogP contribution is -2.18. The van der Waals surface area contributed by atoms with E-state index in [0.29, 0.717) is 5.02 Å². The van der Waals surface area contributed by atoms with Crippen molar-refractivity contribution >= 4 is 11.6 Å². The minimum Gasteiger partial charge on any atom is -0.309 e. The van der Waals surface area contributed by atoms with E-state index in [1.165, 1.54) is 12.3 Å². The van der Waals surface area contributed by atoms with Crippen LogP contribution in [0.25, 0.3) is 0 Å². The maximum atomic E-state index is 13.1. The van der Waals surface area contributed by atoms with Crippen LogP contribution in [-0.4, -0.2) is 17.0 Å². The third-order valence-corrected chi connectivity index (χ3v) is 2.78. The number of halogens is 2. The van der Waals surface area contributed by atoms with Crippen LogP contribution in [0.2, 0.25) is 5.02 Å². The van der Waals surface area contributed by atoms with Crippen molar-refractivity contribution in [1.29, 1.82) is 0 Å². The van der Waals surface area contributed by atoms with Gasteiger partial charge in [0.2, 0.25) is 0 Å². The Kier molecular flexibility index (Phi) is 3.66. The topological polar surface area (TPSA) is 37.8 Å². The molecule has 0 fully saturated rings. The molecule has 5 heteroatoms. The van der Waals surface area contributed by atoms with Crippen LogP contribution >= 0.6 is 11.6 Å². The van der Waals surface area contributed by atoms with E-state index in [9.17, 15) is 4.39 Å². The Bertz CT molecular complexity index is 519. The van der Waals surface area contributed by atoms with Gasteiger partial charge >= 0.3 is 0 Å². The molecule has 0 saturated carbocycles. The second kappa shape index (κ2) is 5.21. The summed E-state index contributed by atoms with van der Waals surface area (Å²) < 4.78 is 13.1. The van der Waals surface area contributed by atoms with Crippen molar-refractivity contribution in [1.82, 2.24) is 15.3 Å². The highest BCUT2D eigenvalue weighted by Gasteiger charge is 2.15. The third kappa shape index (κ3) is 2.60. The van der Waals surface area contributed by atoms with E-state index in [-0.39, 0.29) is 11.9 Å². The Labute approximate surface area is 104 Å².